The van der Waals surface area contributed by atoms with Crippen molar-refractivity contribution in [1.29, 1.82) is 0 Å². The third-order valence-corrected chi connectivity index (χ3v) is 3.56. The number of alkyl halides is 2. The lowest BCUT2D eigenvalue weighted by molar-refractivity contribution is -0.141. The zero-order valence-electron chi connectivity index (χ0n) is 11.5. The van der Waals surface area contributed by atoms with Crippen LogP contribution >= 0.6 is 23.2 Å². The Bertz CT molecular complexity index is 254. The summed E-state index contributed by atoms with van der Waals surface area (Å²) in [5, 5.41) is 0. The van der Waals surface area contributed by atoms with Crippen molar-refractivity contribution < 1.29 is 19.1 Å². The van der Waals surface area contributed by atoms with E-state index in [2.05, 4.69) is 9.47 Å². The van der Waals surface area contributed by atoms with E-state index in [1.807, 2.05) is 0 Å². The molecule has 0 aromatic rings. The predicted molar refractivity (Wildman–Crippen MR) is 75.4 cm³/mol. The number of halogens is 2. The fraction of sp³-hybridized carbons (Fsp3) is 0.846. The minimum Gasteiger partial charge on any atom is -0.469 e. The van der Waals surface area contributed by atoms with E-state index in [0.717, 1.165) is 25.7 Å². The van der Waals surface area contributed by atoms with E-state index in [1.165, 1.54) is 14.2 Å². The fourth-order valence-electron chi connectivity index (χ4n) is 1.64. The van der Waals surface area contributed by atoms with Crippen molar-refractivity contribution in [2.45, 2.75) is 55.7 Å². The molecule has 19 heavy (non-hydrogen) atoms. The van der Waals surface area contributed by atoms with Gasteiger partial charge in [0.2, 0.25) is 0 Å². The molecule has 0 radical (unpaired) electrons. The number of ether oxygens (including phenoxy) is 2. The summed E-state index contributed by atoms with van der Waals surface area (Å²) in [7, 11) is 2.74. The van der Waals surface area contributed by atoms with Crippen LogP contribution in [-0.2, 0) is 19.1 Å². The van der Waals surface area contributed by atoms with Gasteiger partial charge in [-0.25, -0.2) is 0 Å². The Morgan fingerprint density at radius 3 is 1.53 bits per heavy atom. The molecule has 0 heterocycles. The van der Waals surface area contributed by atoms with Crippen molar-refractivity contribution in [3.05, 3.63) is 0 Å². The van der Waals surface area contributed by atoms with Gasteiger partial charge in [0.25, 0.3) is 0 Å². The van der Waals surface area contributed by atoms with Crippen molar-refractivity contribution in [2.24, 2.45) is 0 Å². The minimum absolute atomic E-state index is 0.215. The number of carbonyl (C=O) groups excluding carboxylic acids is 2. The summed E-state index contributed by atoms with van der Waals surface area (Å²) in [6.07, 6.45) is 5.03. The topological polar surface area (TPSA) is 52.6 Å². The maximum atomic E-state index is 10.9. The van der Waals surface area contributed by atoms with E-state index < -0.39 is 4.33 Å². The first-order chi connectivity index (χ1) is 8.91. The van der Waals surface area contributed by atoms with Crippen molar-refractivity contribution in [3.63, 3.8) is 0 Å². The van der Waals surface area contributed by atoms with E-state index in [-0.39, 0.29) is 11.9 Å². The molecular formula is C13H22Cl2O4. The van der Waals surface area contributed by atoms with Gasteiger partial charge in [0.05, 0.1) is 14.2 Å². The fourth-order valence-corrected chi connectivity index (χ4v) is 2.17. The largest absolute Gasteiger partial charge is 0.469 e. The molecule has 0 saturated carbocycles. The molecule has 0 fully saturated rings. The predicted octanol–water partition coefficient (Wildman–Crippen LogP) is 3.63. The lowest BCUT2D eigenvalue weighted by Crippen LogP contribution is -2.13. The highest BCUT2D eigenvalue weighted by Crippen LogP contribution is 2.33. The molecule has 0 spiro atoms. The number of esters is 2. The van der Waals surface area contributed by atoms with Crippen LogP contribution in [0.1, 0.15) is 51.4 Å². The summed E-state index contributed by atoms with van der Waals surface area (Å²) in [4.78, 5) is 21.8. The van der Waals surface area contributed by atoms with Crippen LogP contribution in [0.5, 0.6) is 0 Å². The monoisotopic (exact) mass is 312 g/mol. The molecule has 0 aromatic heterocycles. The van der Waals surface area contributed by atoms with Crippen LogP contribution in [0.2, 0.25) is 0 Å². The summed E-state index contributed by atoms with van der Waals surface area (Å²) >= 11 is 12.3. The number of unbranched alkanes of at least 4 members (excludes halogenated alkanes) is 2. The average Bonchev–Trinajstić information content (AvgIpc) is 2.39. The first-order valence-electron chi connectivity index (χ1n) is 6.43. The standard InChI is InChI=1S/C13H22Cl2O4/c1-18-11(16)7-3-5-9-13(14,15)10-6-4-8-12(17)19-2/h3-10H2,1-2H3. The molecule has 0 aliphatic carbocycles. The smallest absolute Gasteiger partial charge is 0.305 e. The lowest BCUT2D eigenvalue weighted by atomic mass is 10.1. The van der Waals surface area contributed by atoms with Crippen molar-refractivity contribution in [3.8, 4) is 0 Å². The minimum atomic E-state index is -0.785. The molecule has 0 aliphatic rings. The maximum Gasteiger partial charge on any atom is 0.305 e. The molecule has 112 valence electrons. The van der Waals surface area contributed by atoms with Crippen LogP contribution < -0.4 is 0 Å². The highest BCUT2D eigenvalue weighted by molar-refractivity contribution is 6.48. The summed E-state index contributed by atoms with van der Waals surface area (Å²) in [6, 6.07) is 0. The second-order valence-corrected chi connectivity index (χ2v) is 6.06. The van der Waals surface area contributed by atoms with Crippen molar-refractivity contribution in [1.82, 2.24) is 0 Å². The molecule has 0 aliphatic heterocycles. The number of rotatable bonds is 10. The third kappa shape index (κ3) is 11.1. The van der Waals surface area contributed by atoms with Crippen LogP contribution in [0.4, 0.5) is 0 Å². The average molecular weight is 313 g/mol. The van der Waals surface area contributed by atoms with Gasteiger partial charge in [-0.15, -0.1) is 23.2 Å². The Balaban J connectivity index is 3.62. The second kappa shape index (κ2) is 10.3. The SMILES string of the molecule is COC(=O)CCCCC(Cl)(Cl)CCCCC(=O)OC. The van der Waals surface area contributed by atoms with Crippen molar-refractivity contribution >= 4 is 35.1 Å². The van der Waals surface area contributed by atoms with Crippen molar-refractivity contribution in [2.75, 3.05) is 14.2 Å². The Hall–Kier alpha value is -0.480. The van der Waals surface area contributed by atoms with E-state index >= 15 is 0 Å². The Kier molecular flexibility index (Phi) is 10.1. The Morgan fingerprint density at radius 2 is 1.21 bits per heavy atom. The van der Waals surface area contributed by atoms with Crippen LogP contribution in [-0.4, -0.2) is 30.5 Å². The van der Waals surface area contributed by atoms with E-state index in [9.17, 15) is 9.59 Å². The quantitative estimate of drug-likeness (QED) is 0.351. The summed E-state index contributed by atoms with van der Waals surface area (Å²) in [5.74, 6) is -0.430. The number of hydrogen-bond donors (Lipinski definition) is 0. The van der Waals surface area contributed by atoms with E-state index in [1.54, 1.807) is 0 Å². The molecule has 0 rings (SSSR count). The normalized spacial score (nSPS) is 11.2. The molecule has 0 bridgehead atoms. The van der Waals surface area contributed by atoms with Gasteiger partial charge in [-0.05, 0) is 38.5 Å². The van der Waals surface area contributed by atoms with E-state index in [0.29, 0.717) is 25.7 Å². The first kappa shape index (κ1) is 18.5. The molecule has 0 atom stereocenters. The van der Waals surface area contributed by atoms with Gasteiger partial charge in [-0.1, -0.05) is 0 Å². The summed E-state index contributed by atoms with van der Waals surface area (Å²) in [5.41, 5.74) is 0. The van der Waals surface area contributed by atoms with Gasteiger partial charge >= 0.3 is 11.9 Å². The van der Waals surface area contributed by atoms with E-state index in [4.69, 9.17) is 23.2 Å². The van der Waals surface area contributed by atoms with Crippen LogP contribution in [0, 0.1) is 0 Å². The van der Waals surface area contributed by atoms with Gasteiger partial charge in [-0.3, -0.25) is 9.59 Å². The molecule has 0 saturated heterocycles. The molecule has 0 unspecified atom stereocenters. The zero-order valence-corrected chi connectivity index (χ0v) is 13.1. The zero-order chi connectivity index (χ0) is 14.7. The van der Waals surface area contributed by atoms with Gasteiger partial charge < -0.3 is 9.47 Å². The molecule has 0 aromatic carbocycles. The maximum absolute atomic E-state index is 10.9. The highest BCUT2D eigenvalue weighted by atomic mass is 35.5. The molecular weight excluding hydrogens is 291 g/mol. The number of hydrogen-bond acceptors (Lipinski definition) is 4. The Labute approximate surface area is 124 Å². The molecule has 0 amide bonds. The van der Waals surface area contributed by atoms with Gasteiger partial charge in [0.1, 0.15) is 4.33 Å². The first-order valence-corrected chi connectivity index (χ1v) is 7.18. The van der Waals surface area contributed by atoms with Gasteiger partial charge in [-0.2, -0.15) is 0 Å². The van der Waals surface area contributed by atoms with Crippen LogP contribution in [0.3, 0.4) is 0 Å². The number of methoxy groups -OCH3 is 2. The second-order valence-electron chi connectivity index (χ2n) is 4.42. The number of carbonyl (C=O) groups is 2. The lowest BCUT2D eigenvalue weighted by Gasteiger charge is -2.19. The molecule has 0 N–H and O–H groups in total. The summed E-state index contributed by atoms with van der Waals surface area (Å²) < 4.78 is 8.31. The third-order valence-electron chi connectivity index (χ3n) is 2.80. The van der Waals surface area contributed by atoms with Crippen LogP contribution in [0.25, 0.3) is 0 Å². The molecule has 4 nitrogen and oxygen atoms in total. The Morgan fingerprint density at radius 1 is 0.842 bits per heavy atom. The van der Waals surface area contributed by atoms with Gasteiger partial charge in [0.15, 0.2) is 0 Å². The summed E-state index contributed by atoms with van der Waals surface area (Å²) in [6.45, 7) is 0. The highest BCUT2D eigenvalue weighted by Gasteiger charge is 2.22. The molecule has 6 heteroatoms. The van der Waals surface area contributed by atoms with Crippen LogP contribution in [0.15, 0.2) is 0 Å². The van der Waals surface area contributed by atoms with Gasteiger partial charge in [0, 0.05) is 12.8 Å².